The minimum Gasteiger partial charge on any atom is -0.486 e. The fourth-order valence-corrected chi connectivity index (χ4v) is 1.52. The predicted molar refractivity (Wildman–Crippen MR) is 55.2 cm³/mol. The van der Waals surface area contributed by atoms with Crippen molar-refractivity contribution >= 4 is 0 Å². The Hall–Kier alpha value is -1.36. The van der Waals surface area contributed by atoms with E-state index in [0.717, 1.165) is 0 Å². The van der Waals surface area contributed by atoms with Crippen LogP contribution in [0.2, 0.25) is 0 Å². The van der Waals surface area contributed by atoms with Gasteiger partial charge in [-0.05, 0) is 12.1 Å². The number of halogens is 2. The molecule has 1 aliphatic rings. The van der Waals surface area contributed by atoms with Gasteiger partial charge < -0.3 is 14.8 Å². The summed E-state index contributed by atoms with van der Waals surface area (Å²) in [5.74, 6) is 1.37. The standard InChI is InChI=1S/C11H13F2NO2/c12-11(13)6-14-5-8-7-15-9-3-1-2-4-10(9)16-8/h1-4,8,11,14H,5-7H2. The van der Waals surface area contributed by atoms with E-state index in [0.29, 0.717) is 24.7 Å². The second-order valence-electron chi connectivity index (χ2n) is 3.55. The number of nitrogens with one attached hydrogen (secondary N) is 1. The van der Waals surface area contributed by atoms with Crippen molar-refractivity contribution in [2.45, 2.75) is 12.5 Å². The van der Waals surface area contributed by atoms with Crippen LogP contribution in [0.15, 0.2) is 24.3 Å². The van der Waals surface area contributed by atoms with Gasteiger partial charge in [-0.1, -0.05) is 12.1 Å². The van der Waals surface area contributed by atoms with E-state index in [1.165, 1.54) is 0 Å². The number of para-hydroxylation sites is 2. The van der Waals surface area contributed by atoms with Crippen LogP contribution in [0.25, 0.3) is 0 Å². The smallest absolute Gasteiger partial charge is 0.250 e. The molecule has 0 saturated heterocycles. The molecule has 88 valence electrons. The maximum atomic E-state index is 11.9. The van der Waals surface area contributed by atoms with Crippen LogP contribution in [0.4, 0.5) is 8.78 Å². The molecule has 0 aliphatic carbocycles. The van der Waals surface area contributed by atoms with Gasteiger partial charge in [0.05, 0.1) is 6.54 Å². The summed E-state index contributed by atoms with van der Waals surface area (Å²) in [6.45, 7) is 0.424. The van der Waals surface area contributed by atoms with Crippen molar-refractivity contribution in [2.75, 3.05) is 19.7 Å². The number of hydrogen-bond donors (Lipinski definition) is 1. The molecule has 0 spiro atoms. The van der Waals surface area contributed by atoms with E-state index >= 15 is 0 Å². The van der Waals surface area contributed by atoms with E-state index in [1.807, 2.05) is 18.2 Å². The third-order valence-electron chi connectivity index (χ3n) is 2.24. The van der Waals surface area contributed by atoms with E-state index in [4.69, 9.17) is 9.47 Å². The molecule has 1 aromatic carbocycles. The van der Waals surface area contributed by atoms with Crippen molar-refractivity contribution in [1.82, 2.24) is 5.32 Å². The lowest BCUT2D eigenvalue weighted by Gasteiger charge is -2.26. The quantitative estimate of drug-likeness (QED) is 0.852. The molecule has 5 heteroatoms. The highest BCUT2D eigenvalue weighted by Gasteiger charge is 2.20. The van der Waals surface area contributed by atoms with Gasteiger partial charge >= 0.3 is 0 Å². The van der Waals surface area contributed by atoms with Gasteiger partial charge in [0.15, 0.2) is 11.5 Å². The zero-order valence-corrected chi connectivity index (χ0v) is 8.66. The largest absolute Gasteiger partial charge is 0.486 e. The van der Waals surface area contributed by atoms with Crippen molar-refractivity contribution in [3.05, 3.63) is 24.3 Å². The molecule has 1 unspecified atom stereocenters. The molecule has 2 rings (SSSR count). The van der Waals surface area contributed by atoms with E-state index in [1.54, 1.807) is 6.07 Å². The summed E-state index contributed by atoms with van der Waals surface area (Å²) >= 11 is 0. The summed E-state index contributed by atoms with van der Waals surface area (Å²) in [6.07, 6.45) is -2.55. The first-order valence-corrected chi connectivity index (χ1v) is 5.13. The number of hydrogen-bond acceptors (Lipinski definition) is 3. The molecule has 3 nitrogen and oxygen atoms in total. The molecule has 1 aromatic rings. The molecule has 0 bridgehead atoms. The molecular formula is C11H13F2NO2. The summed E-state index contributed by atoms with van der Waals surface area (Å²) in [6, 6.07) is 7.32. The minimum atomic E-state index is -2.34. The Labute approximate surface area is 92.4 Å². The van der Waals surface area contributed by atoms with Crippen LogP contribution >= 0.6 is 0 Å². The van der Waals surface area contributed by atoms with Gasteiger partial charge in [0.25, 0.3) is 6.43 Å². The SMILES string of the molecule is FC(F)CNCC1COc2ccccc2O1. The van der Waals surface area contributed by atoms with Gasteiger partial charge in [-0.2, -0.15) is 0 Å². The van der Waals surface area contributed by atoms with Crippen LogP contribution in [0.1, 0.15) is 0 Å². The Kier molecular flexibility index (Phi) is 3.56. The first-order valence-electron chi connectivity index (χ1n) is 5.13. The van der Waals surface area contributed by atoms with Gasteiger partial charge in [0.1, 0.15) is 12.7 Å². The summed E-state index contributed by atoms with van der Waals surface area (Å²) < 4.78 is 34.8. The number of fused-ring (bicyclic) bond motifs is 1. The summed E-state index contributed by atoms with van der Waals surface area (Å²) in [5.41, 5.74) is 0. The van der Waals surface area contributed by atoms with Crippen LogP contribution in [-0.2, 0) is 0 Å². The number of ether oxygens (including phenoxy) is 2. The third-order valence-corrected chi connectivity index (χ3v) is 2.24. The van der Waals surface area contributed by atoms with Crippen LogP contribution < -0.4 is 14.8 Å². The van der Waals surface area contributed by atoms with Crippen LogP contribution in [0.3, 0.4) is 0 Å². The predicted octanol–water partition coefficient (Wildman–Crippen LogP) is 1.68. The zero-order chi connectivity index (χ0) is 11.4. The Morgan fingerprint density at radius 2 is 2.06 bits per heavy atom. The molecule has 1 atom stereocenters. The summed E-state index contributed by atoms with van der Waals surface area (Å²) in [4.78, 5) is 0. The Morgan fingerprint density at radius 3 is 2.81 bits per heavy atom. The lowest BCUT2D eigenvalue weighted by molar-refractivity contribution is 0.0829. The molecule has 16 heavy (non-hydrogen) atoms. The Bertz CT molecular complexity index is 347. The van der Waals surface area contributed by atoms with Crippen molar-refractivity contribution in [3.8, 4) is 11.5 Å². The van der Waals surface area contributed by atoms with E-state index < -0.39 is 6.43 Å². The average Bonchev–Trinajstić information content (AvgIpc) is 2.28. The van der Waals surface area contributed by atoms with Crippen LogP contribution in [0, 0.1) is 0 Å². The summed E-state index contributed by atoms with van der Waals surface area (Å²) in [7, 11) is 0. The molecule has 0 saturated carbocycles. The average molecular weight is 229 g/mol. The first-order chi connectivity index (χ1) is 7.75. The minimum absolute atomic E-state index is 0.214. The summed E-state index contributed by atoms with van der Waals surface area (Å²) in [5, 5.41) is 2.63. The lowest BCUT2D eigenvalue weighted by atomic mass is 10.2. The van der Waals surface area contributed by atoms with Crippen molar-refractivity contribution in [3.63, 3.8) is 0 Å². The fraction of sp³-hybridized carbons (Fsp3) is 0.455. The van der Waals surface area contributed by atoms with Gasteiger partial charge in [-0.3, -0.25) is 0 Å². The Balaban J connectivity index is 1.83. The van der Waals surface area contributed by atoms with E-state index in [9.17, 15) is 8.78 Å². The van der Waals surface area contributed by atoms with Gasteiger partial charge in [-0.25, -0.2) is 8.78 Å². The van der Waals surface area contributed by atoms with Crippen LogP contribution in [0.5, 0.6) is 11.5 Å². The lowest BCUT2D eigenvalue weighted by Crippen LogP contribution is -2.39. The number of alkyl halides is 2. The second kappa shape index (κ2) is 5.12. The maximum Gasteiger partial charge on any atom is 0.250 e. The van der Waals surface area contributed by atoms with Crippen molar-refractivity contribution in [1.29, 1.82) is 0 Å². The highest BCUT2D eigenvalue weighted by atomic mass is 19.3. The van der Waals surface area contributed by atoms with Gasteiger partial charge in [-0.15, -0.1) is 0 Å². The molecule has 1 aliphatic heterocycles. The Morgan fingerprint density at radius 1 is 1.31 bits per heavy atom. The fourth-order valence-electron chi connectivity index (χ4n) is 1.52. The first kappa shape index (κ1) is 11.1. The molecule has 1 heterocycles. The van der Waals surface area contributed by atoms with Gasteiger partial charge in [0, 0.05) is 6.54 Å². The zero-order valence-electron chi connectivity index (χ0n) is 8.66. The molecule has 0 amide bonds. The molecule has 0 radical (unpaired) electrons. The van der Waals surface area contributed by atoms with Crippen LogP contribution in [-0.4, -0.2) is 32.2 Å². The molecule has 0 fully saturated rings. The third kappa shape index (κ3) is 2.82. The second-order valence-corrected chi connectivity index (χ2v) is 3.55. The van der Waals surface area contributed by atoms with Gasteiger partial charge in [0.2, 0.25) is 0 Å². The van der Waals surface area contributed by atoms with E-state index in [2.05, 4.69) is 5.32 Å². The molecule has 0 aromatic heterocycles. The monoisotopic (exact) mass is 229 g/mol. The number of benzene rings is 1. The number of rotatable bonds is 4. The highest BCUT2D eigenvalue weighted by molar-refractivity contribution is 5.40. The highest BCUT2D eigenvalue weighted by Crippen LogP contribution is 2.30. The van der Waals surface area contributed by atoms with E-state index in [-0.39, 0.29) is 12.6 Å². The topological polar surface area (TPSA) is 30.5 Å². The maximum absolute atomic E-state index is 11.9. The van der Waals surface area contributed by atoms with Crippen molar-refractivity contribution < 1.29 is 18.3 Å². The molecular weight excluding hydrogens is 216 g/mol. The normalized spacial score (nSPS) is 18.8. The van der Waals surface area contributed by atoms with Crippen molar-refractivity contribution in [2.24, 2.45) is 0 Å². The molecule has 1 N–H and O–H groups in total.